The highest BCUT2D eigenvalue weighted by Crippen LogP contribution is 2.46. The summed E-state index contributed by atoms with van der Waals surface area (Å²) >= 11 is 0. The Hall–Kier alpha value is -3.59. The van der Waals surface area contributed by atoms with Crippen LogP contribution in [0.5, 0.6) is 0 Å². The van der Waals surface area contributed by atoms with Crippen LogP contribution in [0.25, 0.3) is 5.52 Å². The van der Waals surface area contributed by atoms with Crippen LogP contribution in [0.4, 0.5) is 15.4 Å². The smallest absolute Gasteiger partial charge is 0.438 e. The summed E-state index contributed by atoms with van der Waals surface area (Å²) in [5, 5.41) is 14.0. The lowest BCUT2D eigenvalue weighted by Gasteiger charge is -2.24. The standard InChI is InChI=1S/C15H13N5O7/c1-23-13(21)24-4-8-10-11(26-14(22)25-10)15(5-16,27-8)9-3-2-7-12(17)18-6-19-20(7)9/h2-3,6,8,10-11H,4H2,1H3,(H2,17,18,19)/t8-,10-,11-,15+/m1/s1. The largest absolute Gasteiger partial charge is 0.509 e. The van der Waals surface area contributed by atoms with Gasteiger partial charge in [0.25, 0.3) is 0 Å². The Labute approximate surface area is 151 Å². The molecule has 2 fully saturated rings. The zero-order valence-corrected chi connectivity index (χ0v) is 13.9. The highest BCUT2D eigenvalue weighted by molar-refractivity contribution is 5.67. The molecule has 12 nitrogen and oxygen atoms in total. The Morgan fingerprint density at radius 2 is 2.30 bits per heavy atom. The Morgan fingerprint density at radius 1 is 1.48 bits per heavy atom. The lowest BCUT2D eigenvalue weighted by Crippen LogP contribution is -2.39. The van der Waals surface area contributed by atoms with Gasteiger partial charge in [0.2, 0.25) is 5.60 Å². The first-order valence-corrected chi connectivity index (χ1v) is 7.76. The molecule has 0 aromatic carbocycles. The number of carbonyl (C=O) groups excluding carboxylic acids is 2. The summed E-state index contributed by atoms with van der Waals surface area (Å²) in [6.45, 7) is -0.311. The molecule has 2 aromatic heterocycles. The number of carbonyl (C=O) groups is 2. The number of nitriles is 1. The van der Waals surface area contributed by atoms with Gasteiger partial charge < -0.3 is 29.4 Å². The molecular weight excluding hydrogens is 362 g/mol. The van der Waals surface area contributed by atoms with Gasteiger partial charge in [-0.15, -0.1) is 0 Å². The van der Waals surface area contributed by atoms with Crippen LogP contribution >= 0.6 is 0 Å². The number of aromatic nitrogens is 3. The van der Waals surface area contributed by atoms with E-state index in [1.807, 2.05) is 6.07 Å². The third-order valence-corrected chi connectivity index (χ3v) is 4.42. The fourth-order valence-electron chi connectivity index (χ4n) is 3.25. The minimum Gasteiger partial charge on any atom is -0.438 e. The maximum absolute atomic E-state index is 11.7. The molecule has 140 valence electrons. The number of fused-ring (bicyclic) bond motifs is 2. The molecule has 4 atom stereocenters. The van der Waals surface area contributed by atoms with Crippen molar-refractivity contribution in [2.45, 2.75) is 23.9 Å². The second-order valence-corrected chi connectivity index (χ2v) is 5.80. The van der Waals surface area contributed by atoms with Crippen LogP contribution in [0.15, 0.2) is 18.5 Å². The van der Waals surface area contributed by atoms with E-state index in [0.717, 1.165) is 7.11 Å². The molecule has 0 spiro atoms. The molecule has 2 aromatic rings. The zero-order chi connectivity index (χ0) is 19.2. The summed E-state index contributed by atoms with van der Waals surface area (Å²) in [4.78, 5) is 26.8. The van der Waals surface area contributed by atoms with Crippen molar-refractivity contribution in [3.05, 3.63) is 24.2 Å². The first-order chi connectivity index (χ1) is 13.0. The molecule has 2 aliphatic rings. The van der Waals surface area contributed by atoms with Gasteiger partial charge in [-0.05, 0) is 12.1 Å². The second-order valence-electron chi connectivity index (χ2n) is 5.80. The average molecular weight is 375 g/mol. The van der Waals surface area contributed by atoms with Gasteiger partial charge in [-0.1, -0.05) is 0 Å². The van der Waals surface area contributed by atoms with Gasteiger partial charge in [-0.2, -0.15) is 10.4 Å². The lowest BCUT2D eigenvalue weighted by atomic mass is 9.92. The first kappa shape index (κ1) is 16.9. The summed E-state index contributed by atoms with van der Waals surface area (Å²) < 4.78 is 26.9. The lowest BCUT2D eigenvalue weighted by molar-refractivity contribution is -0.0868. The van der Waals surface area contributed by atoms with E-state index in [9.17, 15) is 14.9 Å². The number of methoxy groups -OCH3 is 1. The summed E-state index contributed by atoms with van der Waals surface area (Å²) in [7, 11) is 1.15. The van der Waals surface area contributed by atoms with Crippen molar-refractivity contribution < 1.29 is 33.3 Å². The Kier molecular flexibility index (Phi) is 3.74. The van der Waals surface area contributed by atoms with Crippen LogP contribution in [-0.4, -0.2) is 58.9 Å². The van der Waals surface area contributed by atoms with Crippen LogP contribution in [0.2, 0.25) is 0 Å². The van der Waals surface area contributed by atoms with Gasteiger partial charge >= 0.3 is 12.3 Å². The molecule has 0 aliphatic carbocycles. The highest BCUT2D eigenvalue weighted by atomic mass is 16.8. The van der Waals surface area contributed by atoms with E-state index in [1.165, 1.54) is 10.8 Å². The number of nitrogens with two attached hydrogens (primary N) is 1. The van der Waals surface area contributed by atoms with Crippen molar-refractivity contribution >= 4 is 23.6 Å². The first-order valence-electron chi connectivity index (χ1n) is 7.76. The fraction of sp³-hybridized carbons (Fsp3) is 0.400. The summed E-state index contributed by atoms with van der Waals surface area (Å²) in [6.07, 6.45) is -3.69. The molecule has 0 unspecified atom stereocenters. The van der Waals surface area contributed by atoms with Crippen molar-refractivity contribution in [1.29, 1.82) is 5.26 Å². The average Bonchev–Trinajstić information content (AvgIpc) is 3.33. The number of nitrogen functional groups attached to an aromatic ring is 1. The van der Waals surface area contributed by atoms with Crippen LogP contribution in [0, 0.1) is 11.3 Å². The molecule has 12 heteroatoms. The van der Waals surface area contributed by atoms with Crippen molar-refractivity contribution in [3.63, 3.8) is 0 Å². The predicted octanol–water partition coefficient (Wildman–Crippen LogP) is 0.116. The van der Waals surface area contributed by atoms with Crippen LogP contribution < -0.4 is 5.73 Å². The maximum atomic E-state index is 11.7. The number of hydrogen-bond acceptors (Lipinski definition) is 11. The summed E-state index contributed by atoms with van der Waals surface area (Å²) in [5.74, 6) is 0.198. The molecule has 0 radical (unpaired) electrons. The Bertz CT molecular complexity index is 969. The minimum atomic E-state index is -1.76. The van der Waals surface area contributed by atoms with Crippen LogP contribution in [0.3, 0.4) is 0 Å². The van der Waals surface area contributed by atoms with Crippen molar-refractivity contribution in [2.24, 2.45) is 0 Å². The Balaban J connectivity index is 1.76. The predicted molar refractivity (Wildman–Crippen MR) is 83.1 cm³/mol. The molecular formula is C15H13N5O7. The molecule has 2 N–H and O–H groups in total. The van der Waals surface area contributed by atoms with Gasteiger partial charge in [-0.3, -0.25) is 0 Å². The second kappa shape index (κ2) is 5.99. The zero-order valence-electron chi connectivity index (χ0n) is 13.9. The maximum Gasteiger partial charge on any atom is 0.509 e. The van der Waals surface area contributed by atoms with E-state index < -0.39 is 36.2 Å². The molecule has 4 rings (SSSR count). The number of ether oxygens (including phenoxy) is 5. The summed E-state index contributed by atoms with van der Waals surface area (Å²) in [5.41, 5.74) is 4.79. The molecule has 0 amide bonds. The third-order valence-electron chi connectivity index (χ3n) is 4.42. The molecule has 2 saturated heterocycles. The van der Waals surface area contributed by atoms with Crippen molar-refractivity contribution in [3.8, 4) is 6.07 Å². The van der Waals surface area contributed by atoms with E-state index in [2.05, 4.69) is 14.8 Å². The number of rotatable bonds is 3. The monoisotopic (exact) mass is 375 g/mol. The minimum absolute atomic E-state index is 0.198. The van der Waals surface area contributed by atoms with Crippen molar-refractivity contribution in [1.82, 2.24) is 14.6 Å². The number of anilines is 1. The van der Waals surface area contributed by atoms with Gasteiger partial charge in [0.05, 0.1) is 12.8 Å². The van der Waals surface area contributed by atoms with E-state index >= 15 is 0 Å². The fourth-order valence-corrected chi connectivity index (χ4v) is 3.25. The van der Waals surface area contributed by atoms with E-state index in [-0.39, 0.29) is 18.1 Å². The van der Waals surface area contributed by atoms with Gasteiger partial charge in [0.1, 0.15) is 30.6 Å². The molecule has 0 saturated carbocycles. The van der Waals surface area contributed by atoms with Crippen LogP contribution in [-0.2, 0) is 29.3 Å². The normalized spacial score (nSPS) is 28.9. The SMILES string of the molecule is COC(=O)OC[C@H]1O[C@@](C#N)(c2ccc3c(N)ncnn23)[C@@H]2OC(=O)O[C@@H]21. The Morgan fingerprint density at radius 3 is 3.04 bits per heavy atom. The quantitative estimate of drug-likeness (QED) is 0.725. The van der Waals surface area contributed by atoms with E-state index in [0.29, 0.717) is 5.52 Å². The van der Waals surface area contributed by atoms with Crippen molar-refractivity contribution in [2.75, 3.05) is 19.5 Å². The molecule has 0 bridgehead atoms. The third kappa shape index (κ3) is 2.40. The number of nitrogens with zero attached hydrogens (tertiary/aromatic N) is 4. The highest BCUT2D eigenvalue weighted by Gasteiger charge is 2.65. The molecule has 27 heavy (non-hydrogen) atoms. The van der Waals surface area contributed by atoms with Gasteiger partial charge in [0.15, 0.2) is 18.0 Å². The number of hydrogen-bond donors (Lipinski definition) is 1. The van der Waals surface area contributed by atoms with Crippen LogP contribution in [0.1, 0.15) is 5.69 Å². The molecule has 2 aliphatic heterocycles. The summed E-state index contributed by atoms with van der Waals surface area (Å²) in [6, 6.07) is 5.22. The molecule has 4 heterocycles. The van der Waals surface area contributed by atoms with E-state index in [1.54, 1.807) is 12.1 Å². The topological polar surface area (TPSA) is 160 Å². The van der Waals surface area contributed by atoms with Gasteiger partial charge in [-0.25, -0.2) is 19.1 Å². The van der Waals surface area contributed by atoms with E-state index in [4.69, 9.17) is 24.7 Å². The van der Waals surface area contributed by atoms with Gasteiger partial charge in [0, 0.05) is 0 Å².